The van der Waals surface area contributed by atoms with Crippen molar-refractivity contribution in [2.24, 2.45) is 23.7 Å². The highest BCUT2D eigenvalue weighted by atomic mass is 16.5. The Morgan fingerprint density at radius 2 is 0.500 bits per heavy atom. The average molecular weight is 729 g/mol. The van der Waals surface area contributed by atoms with E-state index in [1.165, 1.54) is 0 Å². The summed E-state index contributed by atoms with van der Waals surface area (Å²) in [7, 11) is 0. The Balaban J connectivity index is 1.59. The van der Waals surface area contributed by atoms with E-state index in [1.54, 1.807) is 0 Å². The van der Waals surface area contributed by atoms with Crippen LogP contribution in [0.5, 0.6) is 23.0 Å². The Morgan fingerprint density at radius 3 is 0.667 bits per heavy atom. The summed E-state index contributed by atoms with van der Waals surface area (Å²) in [6.07, 6.45) is 4.02. The van der Waals surface area contributed by atoms with Gasteiger partial charge in [-0.25, -0.2) is 9.97 Å². The minimum atomic E-state index is 0.584. The van der Waals surface area contributed by atoms with E-state index in [9.17, 15) is 0 Å². The SMILES string of the molecule is CC(C)CCOc1ccc(-c2nc(-c3ccc(OCCC(C)C)cc3)c(-c3ccc(OCCC(C)C)cc3)nc2-c2ccc(OCCC(C)C)cc2)cc1. The van der Waals surface area contributed by atoms with Crippen LogP contribution in [0.2, 0.25) is 0 Å². The van der Waals surface area contributed by atoms with Crippen molar-refractivity contribution in [1.29, 1.82) is 0 Å². The van der Waals surface area contributed by atoms with E-state index in [1.807, 2.05) is 48.5 Å². The molecule has 5 rings (SSSR count). The Labute approximate surface area is 324 Å². The second-order valence-electron chi connectivity index (χ2n) is 15.8. The lowest BCUT2D eigenvalue weighted by Gasteiger charge is -2.17. The number of benzene rings is 4. The lowest BCUT2D eigenvalue weighted by atomic mass is 9.99. The van der Waals surface area contributed by atoms with Crippen LogP contribution >= 0.6 is 0 Å². The predicted octanol–water partition coefficient (Wildman–Crippen LogP) is 12.8. The van der Waals surface area contributed by atoms with Gasteiger partial charge in [0, 0.05) is 22.3 Å². The number of nitrogens with zero attached hydrogens (tertiary/aromatic N) is 2. The Morgan fingerprint density at radius 1 is 0.315 bits per heavy atom. The minimum absolute atomic E-state index is 0.584. The van der Waals surface area contributed by atoms with Gasteiger partial charge in [0.1, 0.15) is 23.0 Å². The van der Waals surface area contributed by atoms with Gasteiger partial charge in [0.05, 0.1) is 49.2 Å². The molecule has 0 aliphatic carbocycles. The number of hydrogen-bond donors (Lipinski definition) is 0. The minimum Gasteiger partial charge on any atom is -0.494 e. The molecule has 0 N–H and O–H groups in total. The van der Waals surface area contributed by atoms with E-state index >= 15 is 0 Å². The highest BCUT2D eigenvalue weighted by Crippen LogP contribution is 2.39. The van der Waals surface area contributed by atoms with Crippen LogP contribution in [0, 0.1) is 23.7 Å². The quantitative estimate of drug-likeness (QED) is 0.0795. The largest absolute Gasteiger partial charge is 0.494 e. The van der Waals surface area contributed by atoms with Gasteiger partial charge in [-0.2, -0.15) is 0 Å². The Kier molecular flexibility index (Phi) is 15.0. The second-order valence-corrected chi connectivity index (χ2v) is 15.8. The van der Waals surface area contributed by atoms with E-state index in [2.05, 4.69) is 104 Å². The van der Waals surface area contributed by atoms with Crippen molar-refractivity contribution in [3.8, 4) is 68.0 Å². The van der Waals surface area contributed by atoms with Crippen molar-refractivity contribution in [2.45, 2.75) is 81.1 Å². The van der Waals surface area contributed by atoms with Gasteiger partial charge in [0.25, 0.3) is 0 Å². The maximum atomic E-state index is 6.08. The third-order valence-electron chi connectivity index (χ3n) is 9.26. The maximum Gasteiger partial charge on any atom is 0.119 e. The number of ether oxygens (including phenoxy) is 4. The van der Waals surface area contributed by atoms with Gasteiger partial charge in [0.15, 0.2) is 0 Å². The molecule has 0 fully saturated rings. The zero-order valence-corrected chi connectivity index (χ0v) is 33.7. The molecule has 5 aromatic rings. The van der Waals surface area contributed by atoms with Crippen LogP contribution in [-0.4, -0.2) is 36.4 Å². The molecule has 286 valence electrons. The summed E-state index contributed by atoms with van der Waals surface area (Å²) in [4.78, 5) is 10.9. The van der Waals surface area contributed by atoms with Crippen LogP contribution < -0.4 is 18.9 Å². The van der Waals surface area contributed by atoms with E-state index in [0.29, 0.717) is 50.1 Å². The maximum absolute atomic E-state index is 6.08. The van der Waals surface area contributed by atoms with Crippen LogP contribution in [0.4, 0.5) is 0 Å². The molecule has 6 heteroatoms. The molecule has 1 aromatic heterocycles. The molecule has 4 aromatic carbocycles. The number of hydrogen-bond acceptors (Lipinski definition) is 6. The molecular weight excluding hydrogens is 669 g/mol. The van der Waals surface area contributed by atoms with Crippen LogP contribution in [0.3, 0.4) is 0 Å². The van der Waals surface area contributed by atoms with Crippen molar-refractivity contribution in [3.63, 3.8) is 0 Å². The molecule has 0 spiro atoms. The summed E-state index contributed by atoms with van der Waals surface area (Å²) in [5.41, 5.74) is 7.01. The van der Waals surface area contributed by atoms with Crippen molar-refractivity contribution in [3.05, 3.63) is 97.1 Å². The first-order valence-corrected chi connectivity index (χ1v) is 19.9. The van der Waals surface area contributed by atoms with Crippen molar-refractivity contribution in [2.75, 3.05) is 26.4 Å². The number of rotatable bonds is 20. The highest BCUT2D eigenvalue weighted by molar-refractivity contribution is 5.86. The van der Waals surface area contributed by atoms with Crippen LogP contribution in [0.15, 0.2) is 97.1 Å². The van der Waals surface area contributed by atoms with Crippen molar-refractivity contribution < 1.29 is 18.9 Å². The standard InChI is InChI=1S/C48H60N2O4/c1-33(2)25-29-51-41-17-9-37(10-18-41)45-46(38-11-19-42(20-12-38)52-30-26-34(3)4)50-48(40-15-23-44(24-16-40)54-32-28-36(7)8)47(49-45)39-13-21-43(22-14-39)53-31-27-35(5)6/h9-24,33-36H,25-32H2,1-8H3. The summed E-state index contributed by atoms with van der Waals surface area (Å²) < 4.78 is 24.3. The molecule has 54 heavy (non-hydrogen) atoms. The van der Waals surface area contributed by atoms with Gasteiger partial charge in [0.2, 0.25) is 0 Å². The van der Waals surface area contributed by atoms with E-state index < -0.39 is 0 Å². The van der Waals surface area contributed by atoms with Gasteiger partial charge in [-0.15, -0.1) is 0 Å². The molecule has 0 unspecified atom stereocenters. The fourth-order valence-electron chi connectivity index (χ4n) is 5.73. The summed E-state index contributed by atoms with van der Waals surface area (Å²) >= 11 is 0. The molecule has 0 amide bonds. The summed E-state index contributed by atoms with van der Waals surface area (Å²) in [6, 6.07) is 32.9. The Bertz CT molecular complexity index is 1570. The predicted molar refractivity (Wildman–Crippen MR) is 224 cm³/mol. The zero-order valence-electron chi connectivity index (χ0n) is 33.7. The molecule has 0 bridgehead atoms. The van der Waals surface area contributed by atoms with Crippen molar-refractivity contribution in [1.82, 2.24) is 9.97 Å². The van der Waals surface area contributed by atoms with Crippen LogP contribution in [-0.2, 0) is 0 Å². The summed E-state index contributed by atoms with van der Waals surface area (Å²) in [5, 5.41) is 0. The first-order valence-electron chi connectivity index (χ1n) is 19.9. The summed E-state index contributed by atoms with van der Waals surface area (Å²) in [6.45, 7) is 20.4. The smallest absolute Gasteiger partial charge is 0.119 e. The van der Waals surface area contributed by atoms with Crippen molar-refractivity contribution >= 4 is 0 Å². The fourth-order valence-corrected chi connectivity index (χ4v) is 5.73. The lowest BCUT2D eigenvalue weighted by molar-refractivity contribution is 0.289. The van der Waals surface area contributed by atoms with Gasteiger partial charge in [-0.1, -0.05) is 55.4 Å². The molecule has 6 nitrogen and oxygen atoms in total. The molecule has 0 atom stereocenters. The van der Waals surface area contributed by atoms with E-state index in [4.69, 9.17) is 28.9 Å². The molecule has 0 aliphatic rings. The summed E-state index contributed by atoms with van der Waals surface area (Å²) in [5.74, 6) is 5.71. The highest BCUT2D eigenvalue weighted by Gasteiger charge is 2.20. The van der Waals surface area contributed by atoms with Gasteiger partial charge < -0.3 is 18.9 Å². The number of aromatic nitrogens is 2. The van der Waals surface area contributed by atoms with Gasteiger partial charge in [-0.3, -0.25) is 0 Å². The normalized spacial score (nSPS) is 11.5. The third kappa shape index (κ3) is 12.1. The van der Waals surface area contributed by atoms with E-state index in [0.717, 1.165) is 93.7 Å². The lowest BCUT2D eigenvalue weighted by Crippen LogP contribution is -2.03. The molecule has 1 heterocycles. The first-order chi connectivity index (χ1) is 26.0. The first kappa shape index (κ1) is 40.3. The molecule has 0 saturated carbocycles. The van der Waals surface area contributed by atoms with Crippen LogP contribution in [0.25, 0.3) is 45.0 Å². The topological polar surface area (TPSA) is 62.7 Å². The molecule has 0 saturated heterocycles. The third-order valence-corrected chi connectivity index (χ3v) is 9.26. The molecular formula is C48H60N2O4. The van der Waals surface area contributed by atoms with Gasteiger partial charge in [-0.05, 0) is 146 Å². The zero-order chi connectivity index (χ0) is 38.5. The molecule has 0 radical (unpaired) electrons. The average Bonchev–Trinajstić information content (AvgIpc) is 3.15. The Hall–Kier alpha value is -4.84. The monoisotopic (exact) mass is 728 g/mol. The second kappa shape index (κ2) is 20.0. The fraction of sp³-hybridized carbons (Fsp3) is 0.417. The van der Waals surface area contributed by atoms with Crippen LogP contribution in [0.1, 0.15) is 81.1 Å². The van der Waals surface area contributed by atoms with E-state index in [-0.39, 0.29) is 0 Å². The molecule has 0 aliphatic heterocycles. The van der Waals surface area contributed by atoms with Gasteiger partial charge >= 0.3 is 0 Å².